The topological polar surface area (TPSA) is 80.6 Å². The molecule has 214 valence electrons. The van der Waals surface area contributed by atoms with Crippen LogP contribution < -0.4 is 5.32 Å². The second-order valence-electron chi connectivity index (χ2n) is 10.3. The van der Waals surface area contributed by atoms with Gasteiger partial charge in [-0.1, -0.05) is 62.4 Å². The largest absolute Gasteiger partial charge is 0.462 e. The van der Waals surface area contributed by atoms with Crippen molar-refractivity contribution in [3.8, 4) is 22.4 Å². The van der Waals surface area contributed by atoms with Crippen LogP contribution in [0.25, 0.3) is 22.4 Å². The number of cyclic esters (lactones) is 1. The number of para-hydroxylation sites is 1. The maximum Gasteiger partial charge on any atom is 0.306 e. The van der Waals surface area contributed by atoms with E-state index in [1.165, 1.54) is 12.1 Å². The molecule has 1 amide bonds. The highest BCUT2D eigenvalue weighted by atomic mass is 19.1. The number of anilines is 1. The summed E-state index contributed by atoms with van der Waals surface area (Å²) in [6, 6.07) is 25.7. The lowest BCUT2D eigenvalue weighted by atomic mass is 9.94. The highest BCUT2D eigenvalue weighted by Crippen LogP contribution is 2.42. The second kappa shape index (κ2) is 13.9. The van der Waals surface area contributed by atoms with Crippen LogP contribution in [0.3, 0.4) is 0 Å². The van der Waals surface area contributed by atoms with Crippen LogP contribution in [0.1, 0.15) is 61.5 Å². The fourth-order valence-corrected chi connectivity index (χ4v) is 5.46. The average Bonchev–Trinajstić information content (AvgIpc) is 3.34. The molecular formula is C34H37FN2O4. The number of carbonyl (C=O) groups excluding carboxylic acids is 2. The Balaban J connectivity index is 0.00000189. The first kappa shape index (κ1) is 29.7. The Bertz CT molecular complexity index is 1450. The minimum Gasteiger partial charge on any atom is -0.462 e. The van der Waals surface area contributed by atoms with Gasteiger partial charge in [0.1, 0.15) is 11.9 Å². The standard InChI is InChI=1S/C33H33FN2O3.CH4O/c1-22(2)31-30(33(38)35-26-12-7-4-8-13-26)29(23-10-5-3-6-11-23)32(24-16-18-25(34)19-17-24)36(31)21-20-27-14-9-15-28(37)39-27;1-2/h3-8,10-13,16-19,22,27H,9,14-15,20-21H2,1-2H3,(H,35,38);2H,1H3. The number of esters is 1. The van der Waals surface area contributed by atoms with E-state index in [1.54, 1.807) is 12.1 Å². The lowest BCUT2D eigenvalue weighted by molar-refractivity contribution is -0.154. The number of aromatic nitrogens is 1. The Kier molecular flexibility index (Phi) is 10.1. The number of aliphatic hydroxyl groups is 1. The fourth-order valence-electron chi connectivity index (χ4n) is 5.46. The summed E-state index contributed by atoms with van der Waals surface area (Å²) < 4.78 is 21.8. The van der Waals surface area contributed by atoms with Crippen molar-refractivity contribution in [3.05, 3.63) is 102 Å². The summed E-state index contributed by atoms with van der Waals surface area (Å²) in [7, 11) is 1.00. The fraction of sp³-hybridized carbons (Fsp3) is 0.294. The molecule has 1 aromatic heterocycles. The van der Waals surface area contributed by atoms with Crippen LogP contribution in [0.4, 0.5) is 10.1 Å². The van der Waals surface area contributed by atoms with Crippen LogP contribution >= 0.6 is 0 Å². The Labute approximate surface area is 240 Å². The first-order chi connectivity index (χ1) is 19.9. The van der Waals surface area contributed by atoms with Crippen LogP contribution in [0.5, 0.6) is 0 Å². The molecule has 1 aliphatic heterocycles. The molecule has 0 aliphatic carbocycles. The zero-order valence-corrected chi connectivity index (χ0v) is 23.8. The van der Waals surface area contributed by atoms with Crippen molar-refractivity contribution in [2.24, 2.45) is 0 Å². The van der Waals surface area contributed by atoms with Crippen molar-refractivity contribution in [2.75, 3.05) is 12.4 Å². The molecule has 41 heavy (non-hydrogen) atoms. The molecule has 2 heterocycles. The Hall–Kier alpha value is -4.23. The van der Waals surface area contributed by atoms with E-state index in [4.69, 9.17) is 9.84 Å². The smallest absolute Gasteiger partial charge is 0.306 e. The Morgan fingerprint density at radius 3 is 2.22 bits per heavy atom. The summed E-state index contributed by atoms with van der Waals surface area (Å²) in [6.07, 6.45) is 2.55. The van der Waals surface area contributed by atoms with Crippen LogP contribution in [0, 0.1) is 5.82 Å². The van der Waals surface area contributed by atoms with Crippen molar-refractivity contribution in [1.82, 2.24) is 4.57 Å². The summed E-state index contributed by atoms with van der Waals surface area (Å²) in [5.74, 6) is -0.671. The molecule has 1 atom stereocenters. The molecule has 6 nitrogen and oxygen atoms in total. The Morgan fingerprint density at radius 1 is 0.976 bits per heavy atom. The average molecular weight is 557 g/mol. The SMILES string of the molecule is CC(C)c1c(C(=O)Nc2ccccc2)c(-c2ccccc2)c(-c2ccc(F)cc2)n1CCC1CCCC(=O)O1.CO. The third-order valence-corrected chi connectivity index (χ3v) is 7.17. The third kappa shape index (κ3) is 6.92. The van der Waals surface area contributed by atoms with Crippen LogP contribution in [-0.4, -0.2) is 34.8 Å². The van der Waals surface area contributed by atoms with E-state index in [0.29, 0.717) is 30.6 Å². The van der Waals surface area contributed by atoms with Crippen molar-refractivity contribution >= 4 is 17.6 Å². The van der Waals surface area contributed by atoms with Gasteiger partial charge < -0.3 is 19.7 Å². The highest BCUT2D eigenvalue weighted by Gasteiger charge is 2.31. The molecule has 0 spiro atoms. The molecule has 2 N–H and O–H groups in total. The van der Waals surface area contributed by atoms with Gasteiger partial charge in [-0.15, -0.1) is 0 Å². The van der Waals surface area contributed by atoms with Crippen molar-refractivity contribution in [3.63, 3.8) is 0 Å². The number of benzene rings is 3. The zero-order chi connectivity index (χ0) is 29.4. The van der Waals surface area contributed by atoms with Gasteiger partial charge >= 0.3 is 5.97 Å². The minimum absolute atomic E-state index is 0.00656. The number of rotatable bonds is 8. The molecule has 4 aromatic rings. The molecule has 1 saturated heterocycles. The molecule has 3 aromatic carbocycles. The van der Waals surface area contributed by atoms with Gasteiger partial charge in [0.25, 0.3) is 5.91 Å². The first-order valence-electron chi connectivity index (χ1n) is 14.0. The van der Waals surface area contributed by atoms with E-state index in [2.05, 4.69) is 23.7 Å². The Morgan fingerprint density at radius 2 is 1.61 bits per heavy atom. The molecule has 7 heteroatoms. The summed E-state index contributed by atoms with van der Waals surface area (Å²) >= 11 is 0. The number of amides is 1. The zero-order valence-electron chi connectivity index (χ0n) is 23.8. The van der Waals surface area contributed by atoms with E-state index in [-0.39, 0.29) is 29.7 Å². The number of hydrogen-bond donors (Lipinski definition) is 2. The molecule has 1 aliphatic rings. The summed E-state index contributed by atoms with van der Waals surface area (Å²) in [5.41, 5.74) is 5.58. The monoisotopic (exact) mass is 556 g/mol. The van der Waals surface area contributed by atoms with Crippen LogP contribution in [0.15, 0.2) is 84.9 Å². The molecular weight excluding hydrogens is 519 g/mol. The van der Waals surface area contributed by atoms with Gasteiger partial charge in [0.05, 0.1) is 11.3 Å². The van der Waals surface area contributed by atoms with E-state index < -0.39 is 0 Å². The van der Waals surface area contributed by atoms with E-state index >= 15 is 0 Å². The van der Waals surface area contributed by atoms with Gasteiger partial charge in [0.2, 0.25) is 0 Å². The molecule has 1 fully saturated rings. The van der Waals surface area contributed by atoms with Gasteiger partial charge in [0.15, 0.2) is 0 Å². The van der Waals surface area contributed by atoms with E-state index in [9.17, 15) is 14.0 Å². The van der Waals surface area contributed by atoms with Crippen LogP contribution in [0.2, 0.25) is 0 Å². The summed E-state index contributed by atoms with van der Waals surface area (Å²) in [4.78, 5) is 26.0. The molecule has 0 bridgehead atoms. The van der Waals surface area contributed by atoms with Crippen molar-refractivity contribution < 1.29 is 23.8 Å². The number of halogens is 1. The number of ether oxygens (including phenoxy) is 1. The number of carbonyl (C=O) groups is 2. The number of aliphatic hydroxyl groups excluding tert-OH is 1. The second-order valence-corrected chi connectivity index (χ2v) is 10.3. The number of nitrogens with zero attached hydrogens (tertiary/aromatic N) is 1. The van der Waals surface area contributed by atoms with E-state index in [0.717, 1.165) is 48.0 Å². The number of hydrogen-bond acceptors (Lipinski definition) is 4. The normalized spacial score (nSPS) is 14.7. The third-order valence-electron chi connectivity index (χ3n) is 7.17. The van der Waals surface area contributed by atoms with Gasteiger partial charge in [0, 0.05) is 43.4 Å². The maximum absolute atomic E-state index is 14.1. The predicted molar refractivity (Wildman–Crippen MR) is 160 cm³/mol. The van der Waals surface area contributed by atoms with Crippen LogP contribution in [-0.2, 0) is 16.1 Å². The van der Waals surface area contributed by atoms with Gasteiger partial charge in [-0.3, -0.25) is 9.59 Å². The van der Waals surface area contributed by atoms with Gasteiger partial charge in [-0.25, -0.2) is 4.39 Å². The quantitative estimate of drug-likeness (QED) is 0.221. The first-order valence-corrected chi connectivity index (χ1v) is 14.0. The van der Waals surface area contributed by atoms with Crippen molar-refractivity contribution in [1.29, 1.82) is 0 Å². The molecule has 0 saturated carbocycles. The number of nitrogens with one attached hydrogen (secondary N) is 1. The van der Waals surface area contributed by atoms with Gasteiger partial charge in [-0.2, -0.15) is 0 Å². The summed E-state index contributed by atoms with van der Waals surface area (Å²) in [6.45, 7) is 4.71. The molecule has 5 rings (SSSR count). The molecule has 1 unspecified atom stereocenters. The lowest BCUT2D eigenvalue weighted by Gasteiger charge is -2.24. The van der Waals surface area contributed by atoms with Crippen molar-refractivity contribution in [2.45, 2.75) is 58.1 Å². The predicted octanol–water partition coefficient (Wildman–Crippen LogP) is 7.43. The highest BCUT2D eigenvalue weighted by molar-refractivity contribution is 6.12. The maximum atomic E-state index is 14.1. The summed E-state index contributed by atoms with van der Waals surface area (Å²) in [5, 5.41) is 10.1. The van der Waals surface area contributed by atoms with E-state index in [1.807, 2.05) is 60.7 Å². The minimum atomic E-state index is -0.321. The van der Waals surface area contributed by atoms with Gasteiger partial charge in [-0.05, 0) is 66.3 Å². The lowest BCUT2D eigenvalue weighted by Crippen LogP contribution is -2.25. The molecule has 0 radical (unpaired) electrons.